The highest BCUT2D eigenvalue weighted by molar-refractivity contribution is 7.13. The van der Waals surface area contributed by atoms with Crippen molar-refractivity contribution < 1.29 is 9.21 Å². The molecular weight excluding hydrogens is 358 g/mol. The van der Waals surface area contributed by atoms with Gasteiger partial charge in [0, 0.05) is 23.7 Å². The monoisotopic (exact) mass is 373 g/mol. The quantitative estimate of drug-likeness (QED) is 0.679. The van der Waals surface area contributed by atoms with E-state index in [2.05, 4.69) is 10.2 Å². The molecule has 1 unspecified atom stereocenters. The maximum Gasteiger partial charge on any atom is 0.257 e. The summed E-state index contributed by atoms with van der Waals surface area (Å²) in [7, 11) is 0. The first-order chi connectivity index (χ1) is 12.2. The van der Waals surface area contributed by atoms with Gasteiger partial charge in [-0.15, -0.1) is 21.5 Å². The summed E-state index contributed by atoms with van der Waals surface area (Å²) in [6.45, 7) is 1.33. The second-order valence-corrected chi connectivity index (χ2v) is 7.40. The highest BCUT2D eigenvalue weighted by Gasteiger charge is 2.29. The molecule has 1 aliphatic rings. The average molecular weight is 374 g/mol. The molecule has 7 heteroatoms. The van der Waals surface area contributed by atoms with Crippen LogP contribution in [0.2, 0.25) is 5.02 Å². The van der Waals surface area contributed by atoms with Gasteiger partial charge in [0.2, 0.25) is 5.89 Å². The van der Waals surface area contributed by atoms with Crippen molar-refractivity contribution in [1.82, 2.24) is 15.1 Å². The molecule has 25 heavy (non-hydrogen) atoms. The lowest BCUT2D eigenvalue weighted by molar-refractivity contribution is 0.0698. The molecule has 0 N–H and O–H groups in total. The normalized spacial score (nSPS) is 17.6. The number of halogens is 1. The largest absolute Gasteiger partial charge is 0.420 e. The van der Waals surface area contributed by atoms with E-state index in [1.165, 1.54) is 0 Å². The van der Waals surface area contributed by atoms with Crippen molar-refractivity contribution in [2.75, 3.05) is 13.1 Å². The number of amides is 1. The van der Waals surface area contributed by atoms with Crippen LogP contribution in [0.15, 0.2) is 46.2 Å². The van der Waals surface area contributed by atoms with E-state index in [9.17, 15) is 4.79 Å². The van der Waals surface area contributed by atoms with E-state index in [4.69, 9.17) is 16.0 Å². The van der Waals surface area contributed by atoms with Gasteiger partial charge in [-0.05, 0) is 48.6 Å². The Labute approximate surface area is 154 Å². The van der Waals surface area contributed by atoms with E-state index < -0.39 is 0 Å². The molecule has 1 atom stereocenters. The summed E-state index contributed by atoms with van der Waals surface area (Å²) < 4.78 is 5.85. The predicted octanol–water partition coefficient (Wildman–Crippen LogP) is 4.47. The van der Waals surface area contributed by atoms with Crippen molar-refractivity contribution in [3.05, 3.63) is 58.3 Å². The minimum Gasteiger partial charge on any atom is -0.420 e. The van der Waals surface area contributed by atoms with E-state index >= 15 is 0 Å². The standard InChI is InChI=1S/C18H16ClN3O2S/c19-14-7-5-12(6-8-14)18(23)22-9-1-3-13(11-22)16-20-21-17(24-16)15-4-2-10-25-15/h2,4-8,10,13H,1,3,9,11H2. The van der Waals surface area contributed by atoms with E-state index in [1.807, 2.05) is 22.4 Å². The summed E-state index contributed by atoms with van der Waals surface area (Å²) in [4.78, 5) is 15.5. The van der Waals surface area contributed by atoms with Crippen LogP contribution in [0, 0.1) is 0 Å². The van der Waals surface area contributed by atoms with Crippen molar-refractivity contribution in [1.29, 1.82) is 0 Å². The molecule has 1 amide bonds. The summed E-state index contributed by atoms with van der Waals surface area (Å²) in [6, 6.07) is 10.9. The highest BCUT2D eigenvalue weighted by atomic mass is 35.5. The van der Waals surface area contributed by atoms with Crippen LogP contribution in [0.3, 0.4) is 0 Å². The second kappa shape index (κ2) is 6.98. The first kappa shape index (κ1) is 16.3. The van der Waals surface area contributed by atoms with Gasteiger partial charge in [0.25, 0.3) is 11.8 Å². The molecule has 1 aliphatic heterocycles. The number of hydrogen-bond donors (Lipinski definition) is 0. The van der Waals surface area contributed by atoms with Gasteiger partial charge in [-0.3, -0.25) is 4.79 Å². The number of piperidine rings is 1. The maximum atomic E-state index is 12.7. The van der Waals surface area contributed by atoms with Crippen LogP contribution in [0.5, 0.6) is 0 Å². The molecule has 0 radical (unpaired) electrons. The van der Waals surface area contributed by atoms with Crippen molar-refractivity contribution in [3.8, 4) is 10.8 Å². The number of aromatic nitrogens is 2. The Kier molecular flexibility index (Phi) is 4.55. The van der Waals surface area contributed by atoms with Crippen molar-refractivity contribution in [2.24, 2.45) is 0 Å². The molecule has 0 spiro atoms. The summed E-state index contributed by atoms with van der Waals surface area (Å²) in [5.41, 5.74) is 0.648. The Morgan fingerprint density at radius 3 is 2.84 bits per heavy atom. The van der Waals surface area contributed by atoms with Crippen LogP contribution >= 0.6 is 22.9 Å². The third-order valence-corrected chi connectivity index (χ3v) is 5.43. The second-order valence-electron chi connectivity index (χ2n) is 6.02. The Morgan fingerprint density at radius 1 is 1.24 bits per heavy atom. The molecule has 4 rings (SSSR count). The minimum absolute atomic E-state index is 0.0133. The number of carbonyl (C=O) groups is 1. The van der Waals surface area contributed by atoms with Crippen molar-refractivity contribution in [2.45, 2.75) is 18.8 Å². The number of benzene rings is 1. The summed E-state index contributed by atoms with van der Waals surface area (Å²) in [5.74, 6) is 1.24. The molecule has 0 saturated carbocycles. The molecule has 1 fully saturated rings. The van der Waals surface area contributed by atoms with Crippen molar-refractivity contribution in [3.63, 3.8) is 0 Å². The summed E-state index contributed by atoms with van der Waals surface area (Å²) >= 11 is 7.47. The SMILES string of the molecule is O=C(c1ccc(Cl)cc1)N1CCCC(c2nnc(-c3cccs3)o2)C1. The molecule has 1 aromatic carbocycles. The number of thiophene rings is 1. The number of hydrogen-bond acceptors (Lipinski definition) is 5. The van der Waals surface area contributed by atoms with Crippen molar-refractivity contribution >= 4 is 28.8 Å². The predicted molar refractivity (Wildman–Crippen MR) is 96.9 cm³/mol. The van der Waals surface area contributed by atoms with Gasteiger partial charge < -0.3 is 9.32 Å². The zero-order valence-electron chi connectivity index (χ0n) is 13.4. The molecule has 5 nitrogen and oxygen atoms in total. The fourth-order valence-electron chi connectivity index (χ4n) is 3.04. The van der Waals surface area contributed by atoms with Crippen LogP contribution in [0.4, 0.5) is 0 Å². The lowest BCUT2D eigenvalue weighted by Gasteiger charge is -2.31. The van der Waals surface area contributed by atoms with Gasteiger partial charge in [-0.2, -0.15) is 0 Å². The first-order valence-electron chi connectivity index (χ1n) is 8.13. The first-order valence-corrected chi connectivity index (χ1v) is 9.38. The van der Waals surface area contributed by atoms with Crippen LogP contribution in [0.25, 0.3) is 10.8 Å². The fourth-order valence-corrected chi connectivity index (χ4v) is 3.81. The zero-order chi connectivity index (χ0) is 17.2. The summed E-state index contributed by atoms with van der Waals surface area (Å²) in [5, 5.41) is 11.0. The van der Waals surface area contributed by atoms with Crippen LogP contribution in [-0.4, -0.2) is 34.1 Å². The van der Waals surface area contributed by atoms with Gasteiger partial charge >= 0.3 is 0 Å². The van der Waals surface area contributed by atoms with Gasteiger partial charge in [0.1, 0.15) is 0 Å². The van der Waals surface area contributed by atoms with Gasteiger partial charge in [0.05, 0.1) is 10.8 Å². The molecule has 1 saturated heterocycles. The summed E-state index contributed by atoms with van der Waals surface area (Å²) in [6.07, 6.45) is 1.86. The Balaban J connectivity index is 1.49. The third-order valence-electron chi connectivity index (χ3n) is 4.32. The number of carbonyl (C=O) groups excluding carboxylic acids is 1. The molecule has 0 bridgehead atoms. The molecule has 0 aliphatic carbocycles. The molecule has 3 aromatic rings. The molecule has 2 aromatic heterocycles. The lowest BCUT2D eigenvalue weighted by atomic mass is 9.97. The third kappa shape index (κ3) is 3.45. The fraction of sp³-hybridized carbons (Fsp3) is 0.278. The van der Waals surface area contributed by atoms with E-state index in [0.717, 1.165) is 24.3 Å². The van der Waals surface area contributed by atoms with E-state index in [-0.39, 0.29) is 11.8 Å². The maximum absolute atomic E-state index is 12.7. The molecular formula is C18H16ClN3O2S. The zero-order valence-corrected chi connectivity index (χ0v) is 15.0. The number of likely N-dealkylation sites (tertiary alicyclic amines) is 1. The van der Waals surface area contributed by atoms with E-state index in [1.54, 1.807) is 35.6 Å². The number of nitrogens with zero attached hydrogens (tertiary/aromatic N) is 3. The molecule has 3 heterocycles. The number of rotatable bonds is 3. The average Bonchev–Trinajstić information content (AvgIpc) is 3.33. The Hall–Kier alpha value is -2.18. The van der Waals surface area contributed by atoms with Crippen LogP contribution in [0.1, 0.15) is 35.0 Å². The van der Waals surface area contributed by atoms with Gasteiger partial charge in [-0.1, -0.05) is 17.7 Å². The Morgan fingerprint density at radius 2 is 2.08 bits per heavy atom. The van der Waals surface area contributed by atoms with Gasteiger partial charge in [-0.25, -0.2) is 0 Å². The van der Waals surface area contributed by atoms with Crippen LogP contribution in [-0.2, 0) is 0 Å². The Bertz CT molecular complexity index is 861. The topological polar surface area (TPSA) is 59.2 Å². The lowest BCUT2D eigenvalue weighted by Crippen LogP contribution is -2.39. The smallest absolute Gasteiger partial charge is 0.257 e. The minimum atomic E-state index is 0.0133. The molecule has 128 valence electrons. The van der Waals surface area contributed by atoms with Crippen LogP contribution < -0.4 is 0 Å². The highest BCUT2D eigenvalue weighted by Crippen LogP contribution is 2.30. The van der Waals surface area contributed by atoms with E-state index in [0.29, 0.717) is 28.9 Å². The van der Waals surface area contributed by atoms with Gasteiger partial charge in [0.15, 0.2) is 0 Å².